The SMILES string of the molecule is Cc1cc(CSc2ncccc2C(=O)NNC(=O)c2cc(C)n(-c3ccccc3)c2C)no1. The van der Waals surface area contributed by atoms with Crippen LogP contribution in [-0.4, -0.2) is 26.5 Å². The highest BCUT2D eigenvalue weighted by Gasteiger charge is 2.19. The summed E-state index contributed by atoms with van der Waals surface area (Å²) in [5, 5.41) is 4.49. The summed E-state index contributed by atoms with van der Waals surface area (Å²) in [6.07, 6.45) is 1.62. The lowest BCUT2D eigenvalue weighted by Crippen LogP contribution is -2.42. The van der Waals surface area contributed by atoms with E-state index in [1.54, 1.807) is 24.4 Å². The van der Waals surface area contributed by atoms with Crippen molar-refractivity contribution >= 4 is 23.6 Å². The fraction of sp³-hybridized carbons (Fsp3) is 0.167. The summed E-state index contributed by atoms with van der Waals surface area (Å²) in [4.78, 5) is 29.9. The molecule has 0 aliphatic heterocycles. The fourth-order valence-electron chi connectivity index (χ4n) is 3.52. The van der Waals surface area contributed by atoms with Crippen LogP contribution in [0.1, 0.15) is 43.6 Å². The number of hydrazine groups is 1. The molecule has 1 aromatic carbocycles. The largest absolute Gasteiger partial charge is 0.361 e. The number of aromatic nitrogens is 3. The van der Waals surface area contributed by atoms with Crippen LogP contribution < -0.4 is 10.9 Å². The molecule has 8 nitrogen and oxygen atoms in total. The van der Waals surface area contributed by atoms with Crippen LogP contribution in [0.5, 0.6) is 0 Å². The van der Waals surface area contributed by atoms with Gasteiger partial charge in [0, 0.05) is 35.1 Å². The normalized spacial score (nSPS) is 10.8. The van der Waals surface area contributed by atoms with E-state index in [9.17, 15) is 9.59 Å². The van der Waals surface area contributed by atoms with E-state index in [-0.39, 0.29) is 0 Å². The summed E-state index contributed by atoms with van der Waals surface area (Å²) in [6, 6.07) is 16.8. The summed E-state index contributed by atoms with van der Waals surface area (Å²) < 4.78 is 7.07. The maximum Gasteiger partial charge on any atom is 0.272 e. The van der Waals surface area contributed by atoms with E-state index in [0.29, 0.717) is 21.9 Å². The van der Waals surface area contributed by atoms with Gasteiger partial charge in [-0.3, -0.25) is 20.4 Å². The monoisotopic (exact) mass is 461 g/mol. The molecule has 3 aromatic heterocycles. The highest BCUT2D eigenvalue weighted by atomic mass is 32.2. The van der Waals surface area contributed by atoms with Gasteiger partial charge in [-0.1, -0.05) is 35.1 Å². The molecule has 33 heavy (non-hydrogen) atoms. The van der Waals surface area contributed by atoms with Gasteiger partial charge in [-0.25, -0.2) is 4.98 Å². The van der Waals surface area contributed by atoms with Crippen molar-refractivity contribution in [3.05, 3.63) is 94.8 Å². The highest BCUT2D eigenvalue weighted by Crippen LogP contribution is 2.24. The minimum Gasteiger partial charge on any atom is -0.361 e. The molecule has 0 fully saturated rings. The molecule has 4 rings (SSSR count). The summed E-state index contributed by atoms with van der Waals surface area (Å²) in [6.45, 7) is 5.63. The molecule has 0 atom stereocenters. The Kier molecular flexibility index (Phi) is 6.60. The van der Waals surface area contributed by atoms with Gasteiger partial charge in [0.25, 0.3) is 11.8 Å². The molecular weight excluding hydrogens is 438 g/mol. The van der Waals surface area contributed by atoms with E-state index in [1.807, 2.05) is 61.7 Å². The summed E-state index contributed by atoms with van der Waals surface area (Å²) in [7, 11) is 0. The van der Waals surface area contributed by atoms with Crippen LogP contribution in [0.2, 0.25) is 0 Å². The zero-order chi connectivity index (χ0) is 23.4. The minimum absolute atomic E-state index is 0.359. The number of para-hydroxylation sites is 1. The second-order valence-corrected chi connectivity index (χ2v) is 8.40. The number of benzene rings is 1. The van der Waals surface area contributed by atoms with E-state index in [0.717, 1.165) is 28.5 Å². The van der Waals surface area contributed by atoms with Gasteiger partial charge in [-0.15, -0.1) is 0 Å². The van der Waals surface area contributed by atoms with Crippen molar-refractivity contribution in [2.24, 2.45) is 0 Å². The third kappa shape index (κ3) is 4.98. The summed E-state index contributed by atoms with van der Waals surface area (Å²) >= 11 is 1.37. The maximum absolute atomic E-state index is 12.8. The van der Waals surface area contributed by atoms with Crippen molar-refractivity contribution in [3.63, 3.8) is 0 Å². The molecule has 0 saturated heterocycles. The van der Waals surface area contributed by atoms with Gasteiger partial charge < -0.3 is 9.09 Å². The molecule has 0 spiro atoms. The smallest absolute Gasteiger partial charge is 0.272 e. The zero-order valence-corrected chi connectivity index (χ0v) is 19.3. The zero-order valence-electron chi connectivity index (χ0n) is 18.5. The Morgan fingerprint density at radius 2 is 1.70 bits per heavy atom. The molecule has 168 valence electrons. The van der Waals surface area contributed by atoms with Crippen LogP contribution in [-0.2, 0) is 5.75 Å². The Morgan fingerprint density at radius 1 is 0.970 bits per heavy atom. The predicted octanol–water partition coefficient (Wildman–Crippen LogP) is 4.15. The average Bonchev–Trinajstić information content (AvgIpc) is 3.38. The van der Waals surface area contributed by atoms with E-state index >= 15 is 0 Å². The quantitative estimate of drug-likeness (QED) is 0.330. The first kappa shape index (κ1) is 22.3. The van der Waals surface area contributed by atoms with Crippen molar-refractivity contribution in [3.8, 4) is 5.69 Å². The molecule has 0 bridgehead atoms. The van der Waals surface area contributed by atoms with Gasteiger partial charge >= 0.3 is 0 Å². The summed E-state index contributed by atoms with van der Waals surface area (Å²) in [5.74, 6) is 0.382. The first-order valence-corrected chi connectivity index (χ1v) is 11.3. The van der Waals surface area contributed by atoms with Gasteiger partial charge in [0.2, 0.25) is 0 Å². The number of nitrogens with zero attached hydrogens (tertiary/aromatic N) is 3. The number of hydrogen-bond acceptors (Lipinski definition) is 6. The molecule has 3 heterocycles. The van der Waals surface area contributed by atoms with Gasteiger partial charge in [0.15, 0.2) is 0 Å². The van der Waals surface area contributed by atoms with Gasteiger partial charge in [0.1, 0.15) is 10.8 Å². The van der Waals surface area contributed by atoms with Crippen molar-refractivity contribution < 1.29 is 14.1 Å². The number of carbonyl (C=O) groups excluding carboxylic acids is 2. The Labute approximate surface area is 195 Å². The van der Waals surface area contributed by atoms with E-state index in [2.05, 4.69) is 21.0 Å². The Balaban J connectivity index is 1.44. The van der Waals surface area contributed by atoms with Crippen molar-refractivity contribution in [2.45, 2.75) is 31.6 Å². The lowest BCUT2D eigenvalue weighted by Gasteiger charge is -2.11. The molecule has 0 aliphatic rings. The number of amides is 2. The first-order valence-electron chi connectivity index (χ1n) is 10.3. The number of carbonyl (C=O) groups is 2. The molecule has 0 unspecified atom stereocenters. The van der Waals surface area contributed by atoms with Crippen LogP contribution in [0.4, 0.5) is 0 Å². The van der Waals surface area contributed by atoms with Crippen LogP contribution >= 0.6 is 11.8 Å². The predicted molar refractivity (Wildman–Crippen MR) is 125 cm³/mol. The minimum atomic E-state index is -0.452. The topological polar surface area (TPSA) is 102 Å². The molecule has 9 heteroatoms. The molecule has 0 saturated carbocycles. The number of rotatable bonds is 6. The molecule has 0 aliphatic carbocycles. The maximum atomic E-state index is 12.8. The fourth-order valence-corrected chi connectivity index (χ4v) is 4.39. The van der Waals surface area contributed by atoms with Gasteiger partial charge in [0.05, 0.1) is 16.8 Å². The number of aryl methyl sites for hydroxylation is 2. The van der Waals surface area contributed by atoms with Crippen LogP contribution in [0.25, 0.3) is 5.69 Å². The second kappa shape index (κ2) is 9.74. The number of nitrogens with one attached hydrogen (secondary N) is 2. The van der Waals surface area contributed by atoms with E-state index < -0.39 is 11.8 Å². The van der Waals surface area contributed by atoms with Crippen molar-refractivity contribution in [1.29, 1.82) is 0 Å². The Morgan fingerprint density at radius 3 is 2.39 bits per heavy atom. The third-order valence-corrected chi connectivity index (χ3v) is 6.07. The van der Waals surface area contributed by atoms with E-state index in [4.69, 9.17) is 4.52 Å². The van der Waals surface area contributed by atoms with Crippen LogP contribution in [0, 0.1) is 20.8 Å². The lowest BCUT2D eigenvalue weighted by molar-refractivity contribution is 0.0844. The van der Waals surface area contributed by atoms with Gasteiger partial charge in [-0.05, 0) is 51.1 Å². The second-order valence-electron chi connectivity index (χ2n) is 7.44. The highest BCUT2D eigenvalue weighted by molar-refractivity contribution is 7.98. The van der Waals surface area contributed by atoms with Crippen LogP contribution in [0.15, 0.2) is 70.3 Å². The molecule has 0 radical (unpaired) electrons. The Bertz CT molecular complexity index is 1300. The summed E-state index contributed by atoms with van der Waals surface area (Å²) in [5.41, 5.74) is 9.29. The van der Waals surface area contributed by atoms with Gasteiger partial charge in [-0.2, -0.15) is 0 Å². The molecule has 2 N–H and O–H groups in total. The van der Waals surface area contributed by atoms with Crippen molar-refractivity contribution in [1.82, 2.24) is 25.6 Å². The standard InChI is InChI=1S/C24H23N5O3S/c1-15-12-21(17(3)29(15)19-8-5-4-6-9-19)23(31)27-26-22(30)20-10-7-11-25-24(20)33-14-18-13-16(2)32-28-18/h4-13H,14H2,1-3H3,(H,26,30)(H,27,31). The first-order chi connectivity index (χ1) is 15.9. The molecule has 2 amide bonds. The average molecular weight is 462 g/mol. The van der Waals surface area contributed by atoms with E-state index in [1.165, 1.54) is 11.8 Å². The number of pyridine rings is 1. The van der Waals surface area contributed by atoms with Crippen LogP contribution in [0.3, 0.4) is 0 Å². The number of thioether (sulfide) groups is 1. The van der Waals surface area contributed by atoms with Crippen molar-refractivity contribution in [2.75, 3.05) is 0 Å². The molecular formula is C24H23N5O3S. The third-order valence-electron chi connectivity index (χ3n) is 5.03. The Hall–Kier alpha value is -3.85. The molecule has 4 aromatic rings. The number of hydrogen-bond donors (Lipinski definition) is 2. The lowest BCUT2D eigenvalue weighted by atomic mass is 10.2.